The van der Waals surface area contributed by atoms with Crippen LogP contribution in [0.5, 0.6) is 0 Å². The van der Waals surface area contributed by atoms with Gasteiger partial charge in [-0.3, -0.25) is 0 Å². The molecule has 167 valence electrons. The molecule has 0 aromatic heterocycles. The van der Waals surface area contributed by atoms with Crippen LogP contribution in [0, 0.1) is 33.6 Å². The summed E-state index contributed by atoms with van der Waals surface area (Å²) in [7, 11) is 2.40. The number of hydrogen-bond donors (Lipinski definition) is 0. The monoisotopic (exact) mass is 423 g/mol. The molecule has 1 unspecified atom stereocenters. The summed E-state index contributed by atoms with van der Waals surface area (Å²) in [4.78, 5) is 0. The first kappa shape index (κ1) is 24.4. The maximum absolute atomic E-state index is 2.40. The molecule has 0 amide bonds. The predicted octanol–water partition coefficient (Wildman–Crippen LogP) is 7.13. The minimum atomic E-state index is 0.184. The van der Waals surface area contributed by atoms with Crippen LogP contribution in [-0.4, -0.2) is 7.28 Å². The lowest BCUT2D eigenvalue weighted by Crippen LogP contribution is -2.34. The third-order valence-corrected chi connectivity index (χ3v) is 6.90. The van der Waals surface area contributed by atoms with Crippen molar-refractivity contribution in [2.75, 3.05) is 0 Å². The van der Waals surface area contributed by atoms with Crippen LogP contribution in [0.3, 0.4) is 0 Å². The third-order valence-electron chi connectivity index (χ3n) is 6.90. The van der Waals surface area contributed by atoms with Crippen molar-refractivity contribution in [3.63, 3.8) is 0 Å². The zero-order chi connectivity index (χ0) is 23.6. The average molecular weight is 423 g/mol. The molecular formula is C31H40B. The Hall–Kier alpha value is -2.28. The number of aryl methyl sites for hydroxylation is 4. The van der Waals surface area contributed by atoms with Gasteiger partial charge in [0.15, 0.2) is 7.28 Å². The molecule has 0 heterocycles. The van der Waals surface area contributed by atoms with E-state index in [0.29, 0.717) is 0 Å². The summed E-state index contributed by atoms with van der Waals surface area (Å²) in [6.07, 6.45) is 2.40. The molecule has 1 atom stereocenters. The maximum atomic E-state index is 2.40. The Morgan fingerprint density at radius 3 is 1.62 bits per heavy atom. The van der Waals surface area contributed by atoms with Gasteiger partial charge in [0.05, 0.1) is 0 Å². The first-order valence-corrected chi connectivity index (χ1v) is 12.2. The summed E-state index contributed by atoms with van der Waals surface area (Å²) in [6.45, 7) is 20.4. The molecule has 0 aliphatic rings. The molecule has 0 bridgehead atoms. The van der Waals surface area contributed by atoms with Gasteiger partial charge in [0, 0.05) is 0 Å². The predicted molar refractivity (Wildman–Crippen MR) is 144 cm³/mol. The van der Waals surface area contributed by atoms with Gasteiger partial charge in [-0.25, -0.2) is 0 Å². The fraction of sp³-hybridized carbons (Fsp3) is 0.419. The Morgan fingerprint density at radius 2 is 1.19 bits per heavy atom. The van der Waals surface area contributed by atoms with Crippen LogP contribution in [0.25, 0.3) is 11.1 Å². The Balaban J connectivity index is 1.89. The van der Waals surface area contributed by atoms with Gasteiger partial charge in [-0.05, 0) is 67.7 Å². The SMILES string of the molecule is CCC(C)Cc1cc(C)c([B]c2c(C)cc(-c3ccc(C(C)(C)C)cc3)cc2C)c(C)c1. The lowest BCUT2D eigenvalue weighted by molar-refractivity contribution is 0.560. The maximum Gasteiger partial charge on any atom is 0.192 e. The number of hydrogen-bond acceptors (Lipinski definition) is 0. The highest BCUT2D eigenvalue weighted by Gasteiger charge is 2.15. The fourth-order valence-corrected chi connectivity index (χ4v) is 4.63. The Bertz CT molecular complexity index is 1030. The van der Waals surface area contributed by atoms with Gasteiger partial charge >= 0.3 is 0 Å². The van der Waals surface area contributed by atoms with Crippen molar-refractivity contribution in [1.29, 1.82) is 0 Å². The van der Waals surface area contributed by atoms with E-state index in [-0.39, 0.29) is 5.41 Å². The smallest absolute Gasteiger partial charge is 0.0757 e. The van der Waals surface area contributed by atoms with Crippen molar-refractivity contribution in [1.82, 2.24) is 0 Å². The number of rotatable bonds is 6. The Kier molecular flexibility index (Phi) is 7.38. The van der Waals surface area contributed by atoms with Crippen molar-refractivity contribution in [3.05, 3.63) is 81.9 Å². The molecule has 0 N–H and O–H groups in total. The average Bonchev–Trinajstić information content (AvgIpc) is 2.71. The summed E-state index contributed by atoms with van der Waals surface area (Å²) >= 11 is 0. The summed E-state index contributed by atoms with van der Waals surface area (Å²) in [5.74, 6) is 0.734. The minimum absolute atomic E-state index is 0.184. The Morgan fingerprint density at radius 1 is 0.719 bits per heavy atom. The molecular weight excluding hydrogens is 383 g/mol. The van der Waals surface area contributed by atoms with E-state index in [2.05, 4.69) is 118 Å². The van der Waals surface area contributed by atoms with Gasteiger partial charge in [-0.2, -0.15) is 0 Å². The van der Waals surface area contributed by atoms with E-state index in [4.69, 9.17) is 0 Å². The van der Waals surface area contributed by atoms with Crippen molar-refractivity contribution in [2.45, 2.75) is 80.6 Å². The van der Waals surface area contributed by atoms with Gasteiger partial charge in [0.25, 0.3) is 0 Å². The van der Waals surface area contributed by atoms with Crippen molar-refractivity contribution >= 4 is 18.2 Å². The molecule has 0 saturated heterocycles. The van der Waals surface area contributed by atoms with Crippen molar-refractivity contribution in [3.8, 4) is 11.1 Å². The molecule has 3 rings (SSSR count). The van der Waals surface area contributed by atoms with Crippen molar-refractivity contribution < 1.29 is 0 Å². The van der Waals surface area contributed by atoms with E-state index in [0.717, 1.165) is 5.92 Å². The molecule has 3 aromatic rings. The second kappa shape index (κ2) is 9.69. The largest absolute Gasteiger partial charge is 0.192 e. The zero-order valence-electron chi connectivity index (χ0n) is 21.7. The summed E-state index contributed by atoms with van der Waals surface area (Å²) in [5.41, 5.74) is 13.8. The molecule has 0 aliphatic carbocycles. The van der Waals surface area contributed by atoms with E-state index in [1.807, 2.05) is 0 Å². The lowest BCUT2D eigenvalue weighted by Gasteiger charge is -2.20. The first-order valence-electron chi connectivity index (χ1n) is 12.2. The van der Waals surface area contributed by atoms with Gasteiger partial charge in [-0.1, -0.05) is 123 Å². The molecule has 1 radical (unpaired) electrons. The fourth-order valence-electron chi connectivity index (χ4n) is 4.63. The lowest BCUT2D eigenvalue weighted by atomic mass is 9.58. The summed E-state index contributed by atoms with van der Waals surface area (Å²) in [6, 6.07) is 18.5. The molecule has 0 nitrogen and oxygen atoms in total. The van der Waals surface area contributed by atoms with Crippen LogP contribution in [0.1, 0.15) is 74.4 Å². The topological polar surface area (TPSA) is 0 Å². The molecule has 32 heavy (non-hydrogen) atoms. The Labute approximate surface area is 197 Å². The van der Waals surface area contributed by atoms with Crippen LogP contribution >= 0.6 is 0 Å². The highest BCUT2D eigenvalue weighted by molar-refractivity contribution is 6.69. The summed E-state index contributed by atoms with van der Waals surface area (Å²) < 4.78 is 0. The van der Waals surface area contributed by atoms with Crippen LogP contribution in [0.15, 0.2) is 48.5 Å². The van der Waals surface area contributed by atoms with Gasteiger partial charge < -0.3 is 0 Å². The molecule has 0 saturated carbocycles. The van der Waals surface area contributed by atoms with Crippen LogP contribution in [0.4, 0.5) is 0 Å². The van der Waals surface area contributed by atoms with Crippen LogP contribution < -0.4 is 10.9 Å². The zero-order valence-corrected chi connectivity index (χ0v) is 21.7. The molecule has 0 fully saturated rings. The second-order valence-electron chi connectivity index (χ2n) is 10.9. The van der Waals surface area contributed by atoms with Gasteiger partial charge in [0.1, 0.15) is 0 Å². The molecule has 0 aliphatic heterocycles. The normalized spacial score (nSPS) is 12.7. The number of benzene rings is 3. The highest BCUT2D eigenvalue weighted by atomic mass is 14.2. The van der Waals surface area contributed by atoms with Gasteiger partial charge in [0.2, 0.25) is 0 Å². The van der Waals surface area contributed by atoms with Crippen molar-refractivity contribution in [2.24, 2.45) is 5.92 Å². The first-order chi connectivity index (χ1) is 15.0. The molecule has 1 heteroatoms. The quantitative estimate of drug-likeness (QED) is 0.370. The molecule has 3 aromatic carbocycles. The van der Waals surface area contributed by atoms with Crippen LogP contribution in [0.2, 0.25) is 0 Å². The van der Waals surface area contributed by atoms with E-state index in [1.165, 1.54) is 68.3 Å². The highest BCUT2D eigenvalue weighted by Crippen LogP contribution is 2.27. The second-order valence-corrected chi connectivity index (χ2v) is 10.9. The van der Waals surface area contributed by atoms with Gasteiger partial charge in [-0.15, -0.1) is 0 Å². The molecule has 0 spiro atoms. The standard InChI is InChI=1S/C31H40B/c1-10-20(2)15-25-16-21(3)29(22(4)17-25)32-30-23(5)18-27(19-24(30)6)26-11-13-28(14-12-26)31(7,8)9/h11-14,16-20H,10,15H2,1-9H3. The summed E-state index contributed by atoms with van der Waals surface area (Å²) in [5, 5.41) is 0. The van der Waals surface area contributed by atoms with E-state index in [1.54, 1.807) is 0 Å². The van der Waals surface area contributed by atoms with E-state index in [9.17, 15) is 0 Å². The van der Waals surface area contributed by atoms with E-state index >= 15 is 0 Å². The van der Waals surface area contributed by atoms with E-state index < -0.39 is 0 Å². The third kappa shape index (κ3) is 5.55. The van der Waals surface area contributed by atoms with Crippen LogP contribution in [-0.2, 0) is 11.8 Å². The minimum Gasteiger partial charge on any atom is -0.0757 e.